The van der Waals surface area contributed by atoms with Crippen LogP contribution in [-0.4, -0.2) is 23.3 Å². The number of amides is 2. The maximum Gasteiger partial charge on any atom is 0.278 e. The van der Waals surface area contributed by atoms with Crippen molar-refractivity contribution >= 4 is 46.3 Å². The van der Waals surface area contributed by atoms with Gasteiger partial charge in [0.05, 0.1) is 5.57 Å². The molecule has 32 heavy (non-hydrogen) atoms. The van der Waals surface area contributed by atoms with Crippen LogP contribution in [0.25, 0.3) is 5.57 Å². The van der Waals surface area contributed by atoms with Crippen LogP contribution in [0.3, 0.4) is 0 Å². The number of hydrogen-bond acceptors (Lipinski definition) is 3. The van der Waals surface area contributed by atoms with Gasteiger partial charge in [0.1, 0.15) is 11.5 Å². The minimum Gasteiger partial charge on any atom is -0.350 e. The normalized spacial score (nSPS) is 13.8. The van der Waals surface area contributed by atoms with Crippen molar-refractivity contribution in [3.63, 3.8) is 0 Å². The van der Waals surface area contributed by atoms with Gasteiger partial charge in [0.2, 0.25) is 0 Å². The highest BCUT2D eigenvalue weighted by atomic mass is 35.5. The summed E-state index contributed by atoms with van der Waals surface area (Å²) in [6.45, 7) is 2.04. The molecule has 1 N–H and O–H groups in total. The maximum absolute atomic E-state index is 13.3. The Balaban J connectivity index is 1.67. The number of nitrogens with one attached hydrogen (secondary N) is 1. The Kier molecular flexibility index (Phi) is 6.31. The lowest BCUT2D eigenvalue weighted by Crippen LogP contribution is -2.34. The van der Waals surface area contributed by atoms with Crippen LogP contribution in [0, 0.1) is 12.7 Å². The van der Waals surface area contributed by atoms with E-state index in [0.29, 0.717) is 27.7 Å². The molecule has 0 unspecified atom stereocenters. The molecule has 0 atom stereocenters. The Morgan fingerprint density at radius 3 is 2.19 bits per heavy atom. The first-order valence-corrected chi connectivity index (χ1v) is 10.7. The second-order valence-corrected chi connectivity index (χ2v) is 8.35. The molecule has 7 heteroatoms. The van der Waals surface area contributed by atoms with Crippen LogP contribution in [0.15, 0.2) is 72.4 Å². The number of aryl methyl sites for hydroxylation is 1. The Labute approximate surface area is 195 Å². The average Bonchev–Trinajstić information content (AvgIpc) is 2.99. The van der Waals surface area contributed by atoms with Gasteiger partial charge in [-0.2, -0.15) is 0 Å². The lowest BCUT2D eigenvalue weighted by Gasteiger charge is -2.16. The predicted octanol–water partition coefficient (Wildman–Crippen LogP) is 5.88. The molecule has 3 aromatic carbocycles. The van der Waals surface area contributed by atoms with Gasteiger partial charge in [0, 0.05) is 22.3 Å². The summed E-state index contributed by atoms with van der Waals surface area (Å²) < 4.78 is 13.2. The number of carbonyl (C=O) groups is 2. The van der Waals surface area contributed by atoms with Gasteiger partial charge < -0.3 is 5.32 Å². The standard InChI is InChI=1S/C25H19Cl2FN2O2/c1-15-14-19(27)8-11-21(15)29-23-22(17-4-6-18(26)7-5-17)24(31)30(25(23)32)13-12-16-2-9-20(28)10-3-16/h2-11,14,29H,12-13H2,1H3. The minimum absolute atomic E-state index is 0.172. The van der Waals surface area contributed by atoms with Gasteiger partial charge in [-0.25, -0.2) is 4.39 Å². The van der Waals surface area contributed by atoms with Crippen molar-refractivity contribution in [1.29, 1.82) is 0 Å². The number of rotatable bonds is 6. The number of imide groups is 1. The third-order valence-corrected chi connectivity index (χ3v) is 5.77. The Morgan fingerprint density at radius 2 is 1.53 bits per heavy atom. The molecule has 0 bridgehead atoms. The first kappa shape index (κ1) is 22.1. The smallest absolute Gasteiger partial charge is 0.278 e. The quantitative estimate of drug-likeness (QED) is 0.459. The lowest BCUT2D eigenvalue weighted by atomic mass is 10.0. The molecule has 162 valence electrons. The van der Waals surface area contributed by atoms with Crippen molar-refractivity contribution in [2.24, 2.45) is 0 Å². The zero-order valence-corrected chi connectivity index (χ0v) is 18.7. The van der Waals surface area contributed by atoms with Crippen LogP contribution < -0.4 is 5.32 Å². The van der Waals surface area contributed by atoms with Crippen LogP contribution in [0.2, 0.25) is 10.0 Å². The average molecular weight is 469 g/mol. The molecule has 3 aromatic rings. The van der Waals surface area contributed by atoms with Crippen molar-refractivity contribution < 1.29 is 14.0 Å². The fraction of sp³-hybridized carbons (Fsp3) is 0.120. The van der Waals surface area contributed by atoms with E-state index in [9.17, 15) is 14.0 Å². The first-order valence-electron chi connectivity index (χ1n) is 9.97. The fourth-order valence-corrected chi connectivity index (χ4v) is 3.93. The van der Waals surface area contributed by atoms with Gasteiger partial charge in [0.25, 0.3) is 11.8 Å². The fourth-order valence-electron chi connectivity index (χ4n) is 3.57. The summed E-state index contributed by atoms with van der Waals surface area (Å²) in [4.78, 5) is 27.8. The molecule has 1 aliphatic rings. The first-order chi connectivity index (χ1) is 15.3. The van der Waals surface area contributed by atoms with E-state index in [1.54, 1.807) is 54.6 Å². The Bertz CT molecular complexity index is 1220. The van der Waals surface area contributed by atoms with E-state index in [1.807, 2.05) is 6.92 Å². The largest absolute Gasteiger partial charge is 0.350 e. The Morgan fingerprint density at radius 1 is 0.875 bits per heavy atom. The van der Waals surface area contributed by atoms with E-state index in [0.717, 1.165) is 11.1 Å². The molecule has 0 saturated carbocycles. The molecule has 0 aliphatic carbocycles. The van der Waals surface area contributed by atoms with Crippen LogP contribution >= 0.6 is 23.2 Å². The zero-order chi connectivity index (χ0) is 22.8. The number of carbonyl (C=O) groups excluding carboxylic acids is 2. The monoisotopic (exact) mass is 468 g/mol. The minimum atomic E-state index is -0.420. The van der Waals surface area contributed by atoms with Gasteiger partial charge in [-0.1, -0.05) is 47.5 Å². The highest BCUT2D eigenvalue weighted by molar-refractivity contribution is 6.37. The summed E-state index contributed by atoms with van der Waals surface area (Å²) in [5.74, 6) is -1.15. The van der Waals surface area contributed by atoms with Crippen LogP contribution in [0.5, 0.6) is 0 Å². The molecular formula is C25H19Cl2FN2O2. The number of benzene rings is 3. The predicted molar refractivity (Wildman–Crippen MR) is 125 cm³/mol. The third-order valence-electron chi connectivity index (χ3n) is 5.29. The molecule has 0 radical (unpaired) electrons. The molecule has 1 heterocycles. The summed E-state index contributed by atoms with van der Waals surface area (Å²) in [6, 6.07) is 18.0. The number of nitrogens with zero attached hydrogens (tertiary/aromatic N) is 1. The summed E-state index contributed by atoms with van der Waals surface area (Å²) in [5, 5.41) is 4.25. The van der Waals surface area contributed by atoms with Gasteiger partial charge in [0.15, 0.2) is 0 Å². The summed E-state index contributed by atoms with van der Waals surface area (Å²) in [5.41, 5.74) is 3.41. The van der Waals surface area contributed by atoms with Gasteiger partial charge in [-0.3, -0.25) is 14.5 Å². The molecule has 0 spiro atoms. The molecule has 1 aliphatic heterocycles. The summed E-state index contributed by atoms with van der Waals surface area (Å²) in [7, 11) is 0. The van der Waals surface area contributed by atoms with Crippen molar-refractivity contribution in [1.82, 2.24) is 4.90 Å². The molecule has 0 saturated heterocycles. The SMILES string of the molecule is Cc1cc(Cl)ccc1NC1=C(c2ccc(Cl)cc2)C(=O)N(CCc2ccc(F)cc2)C1=O. The van der Waals surface area contributed by atoms with Crippen molar-refractivity contribution in [3.05, 3.63) is 105 Å². The molecule has 0 aromatic heterocycles. The van der Waals surface area contributed by atoms with Crippen molar-refractivity contribution in [3.8, 4) is 0 Å². The van der Waals surface area contributed by atoms with Crippen LogP contribution in [0.4, 0.5) is 10.1 Å². The van der Waals surface area contributed by atoms with Crippen LogP contribution in [0.1, 0.15) is 16.7 Å². The van der Waals surface area contributed by atoms with E-state index in [2.05, 4.69) is 5.32 Å². The summed E-state index contributed by atoms with van der Waals surface area (Å²) >= 11 is 12.1. The third kappa shape index (κ3) is 4.54. The highest BCUT2D eigenvalue weighted by Crippen LogP contribution is 2.32. The Hall–Kier alpha value is -3.15. The molecule has 0 fully saturated rings. The number of anilines is 1. The van der Waals surface area contributed by atoms with E-state index in [4.69, 9.17) is 23.2 Å². The second kappa shape index (κ2) is 9.15. The van der Waals surface area contributed by atoms with Crippen molar-refractivity contribution in [2.45, 2.75) is 13.3 Å². The molecule has 2 amide bonds. The van der Waals surface area contributed by atoms with E-state index in [-0.39, 0.29) is 23.6 Å². The second-order valence-electron chi connectivity index (χ2n) is 7.48. The lowest BCUT2D eigenvalue weighted by molar-refractivity contribution is -0.136. The molecule has 4 nitrogen and oxygen atoms in total. The zero-order valence-electron chi connectivity index (χ0n) is 17.2. The van der Waals surface area contributed by atoms with Gasteiger partial charge in [-0.05, 0) is 72.5 Å². The number of hydrogen-bond donors (Lipinski definition) is 1. The molecular weight excluding hydrogens is 450 g/mol. The van der Waals surface area contributed by atoms with Gasteiger partial charge >= 0.3 is 0 Å². The number of halogens is 3. The van der Waals surface area contributed by atoms with E-state index < -0.39 is 11.8 Å². The summed E-state index contributed by atoms with van der Waals surface area (Å²) in [6.07, 6.45) is 0.416. The van der Waals surface area contributed by atoms with E-state index in [1.165, 1.54) is 17.0 Å². The molecule has 4 rings (SSSR count). The highest BCUT2D eigenvalue weighted by Gasteiger charge is 2.39. The maximum atomic E-state index is 13.3. The van der Waals surface area contributed by atoms with Crippen molar-refractivity contribution in [2.75, 3.05) is 11.9 Å². The van der Waals surface area contributed by atoms with Gasteiger partial charge in [-0.15, -0.1) is 0 Å². The van der Waals surface area contributed by atoms with Crippen LogP contribution in [-0.2, 0) is 16.0 Å². The van der Waals surface area contributed by atoms with E-state index >= 15 is 0 Å². The topological polar surface area (TPSA) is 49.4 Å².